The summed E-state index contributed by atoms with van der Waals surface area (Å²) in [5.41, 5.74) is 0.524. The molecule has 0 unspecified atom stereocenters. The molecule has 27 heavy (non-hydrogen) atoms. The number of benzene rings is 1. The maximum atomic E-state index is 12.5. The van der Waals surface area contributed by atoms with Gasteiger partial charge in [0.15, 0.2) is 0 Å². The van der Waals surface area contributed by atoms with Crippen molar-refractivity contribution in [1.29, 1.82) is 0 Å². The van der Waals surface area contributed by atoms with Crippen LogP contribution in [0.4, 0.5) is 0 Å². The molecule has 0 aliphatic carbocycles. The molecule has 150 valence electrons. The van der Waals surface area contributed by atoms with Gasteiger partial charge in [0, 0.05) is 16.7 Å². The normalized spacial score (nSPS) is 10.9. The van der Waals surface area contributed by atoms with Crippen LogP contribution in [0.15, 0.2) is 12.7 Å². The van der Waals surface area contributed by atoms with Gasteiger partial charge in [-0.3, -0.25) is 4.79 Å². The number of esters is 2. The minimum absolute atomic E-state index is 0.0865. The summed E-state index contributed by atoms with van der Waals surface area (Å²) in [5.74, 6) is -0.534. The molecule has 0 amide bonds. The van der Waals surface area contributed by atoms with E-state index in [-0.39, 0.29) is 23.5 Å². The Bertz CT molecular complexity index is 714. The van der Waals surface area contributed by atoms with Crippen LogP contribution >= 0.6 is 0 Å². The highest BCUT2D eigenvalue weighted by Gasteiger charge is 2.31. The molecule has 0 aromatic heterocycles. The van der Waals surface area contributed by atoms with Gasteiger partial charge in [-0.05, 0) is 27.2 Å². The molecule has 0 bridgehead atoms. The van der Waals surface area contributed by atoms with Crippen LogP contribution < -0.4 is 9.47 Å². The summed E-state index contributed by atoms with van der Waals surface area (Å²) >= 11 is 0. The Morgan fingerprint density at radius 1 is 1.04 bits per heavy atom. The van der Waals surface area contributed by atoms with Crippen molar-refractivity contribution in [3.63, 3.8) is 0 Å². The lowest BCUT2D eigenvalue weighted by Gasteiger charge is -2.24. The number of allylic oxidation sites excluding steroid dienone is 1. The maximum absolute atomic E-state index is 12.5. The first kappa shape index (κ1) is 22.5. The van der Waals surface area contributed by atoms with E-state index in [1.54, 1.807) is 26.8 Å². The summed E-state index contributed by atoms with van der Waals surface area (Å²) in [5, 5.41) is 9.95. The smallest absolute Gasteiger partial charge is 0.342 e. The number of aliphatic hydroxyl groups excluding tert-OH is 1. The third-order valence-corrected chi connectivity index (χ3v) is 3.98. The molecule has 1 rings (SSSR count). The van der Waals surface area contributed by atoms with Crippen molar-refractivity contribution in [2.75, 3.05) is 21.3 Å². The second-order valence-corrected chi connectivity index (χ2v) is 6.85. The fourth-order valence-corrected chi connectivity index (χ4v) is 2.66. The van der Waals surface area contributed by atoms with E-state index < -0.39 is 24.0 Å². The fraction of sp³-hybridized carbons (Fsp3) is 0.500. The zero-order valence-electron chi connectivity index (χ0n) is 16.8. The Balaban J connectivity index is 3.73. The second kappa shape index (κ2) is 9.41. The molecule has 1 aromatic carbocycles. The van der Waals surface area contributed by atoms with Gasteiger partial charge in [-0.25, -0.2) is 4.79 Å². The van der Waals surface area contributed by atoms with E-state index in [1.165, 1.54) is 21.3 Å². The van der Waals surface area contributed by atoms with Crippen molar-refractivity contribution >= 4 is 11.9 Å². The molecule has 0 heterocycles. The molecule has 1 N–H and O–H groups in total. The number of carbonyl (C=O) groups excluding carboxylic acids is 2. The Hall–Kier alpha value is -2.54. The third-order valence-electron chi connectivity index (χ3n) is 3.98. The van der Waals surface area contributed by atoms with Gasteiger partial charge in [0.25, 0.3) is 0 Å². The first-order valence-corrected chi connectivity index (χ1v) is 8.43. The van der Waals surface area contributed by atoms with Crippen molar-refractivity contribution < 1.29 is 33.6 Å². The van der Waals surface area contributed by atoms with Gasteiger partial charge in [0.1, 0.15) is 23.7 Å². The summed E-state index contributed by atoms with van der Waals surface area (Å²) in [6.45, 7) is 8.20. The van der Waals surface area contributed by atoms with Gasteiger partial charge in [0.2, 0.25) is 0 Å². The maximum Gasteiger partial charge on any atom is 0.342 e. The van der Waals surface area contributed by atoms with Crippen molar-refractivity contribution in [1.82, 2.24) is 0 Å². The summed E-state index contributed by atoms with van der Waals surface area (Å²) in [7, 11) is 4.10. The number of hydrogen-bond acceptors (Lipinski definition) is 7. The van der Waals surface area contributed by atoms with Crippen LogP contribution in [0.3, 0.4) is 0 Å². The van der Waals surface area contributed by atoms with Crippen LogP contribution in [0.25, 0.3) is 0 Å². The van der Waals surface area contributed by atoms with E-state index in [1.807, 2.05) is 0 Å². The Labute approximate surface area is 159 Å². The number of hydrogen-bond donors (Lipinski definition) is 1. The molecule has 0 saturated heterocycles. The predicted molar refractivity (Wildman–Crippen MR) is 100.0 cm³/mol. The van der Waals surface area contributed by atoms with E-state index in [9.17, 15) is 14.7 Å². The quantitative estimate of drug-likeness (QED) is 0.548. The zero-order valence-corrected chi connectivity index (χ0v) is 16.8. The van der Waals surface area contributed by atoms with Gasteiger partial charge in [0.05, 0.1) is 33.4 Å². The first-order chi connectivity index (χ1) is 12.7. The van der Waals surface area contributed by atoms with Crippen LogP contribution in [0.1, 0.15) is 47.8 Å². The average Bonchev–Trinajstić information content (AvgIpc) is 2.63. The number of aliphatic hydroxyl groups is 1. The van der Waals surface area contributed by atoms with Gasteiger partial charge < -0.3 is 24.1 Å². The Kier molecular flexibility index (Phi) is 7.84. The minimum Gasteiger partial charge on any atom is -0.496 e. The molecular weight excluding hydrogens is 352 g/mol. The van der Waals surface area contributed by atoms with Gasteiger partial charge in [-0.1, -0.05) is 6.08 Å². The lowest BCUT2D eigenvalue weighted by Crippen LogP contribution is -2.24. The number of ether oxygens (including phenoxy) is 4. The van der Waals surface area contributed by atoms with Gasteiger partial charge >= 0.3 is 11.9 Å². The highest BCUT2D eigenvalue weighted by Crippen LogP contribution is 2.41. The van der Waals surface area contributed by atoms with Gasteiger partial charge in [-0.15, -0.1) is 6.58 Å². The van der Waals surface area contributed by atoms with E-state index in [2.05, 4.69) is 6.58 Å². The molecular formula is C20H28O7. The first-order valence-electron chi connectivity index (χ1n) is 8.43. The summed E-state index contributed by atoms with van der Waals surface area (Å²) in [4.78, 5) is 24.7. The van der Waals surface area contributed by atoms with Crippen LogP contribution in [0, 0.1) is 5.41 Å². The molecule has 0 saturated carbocycles. The molecule has 7 nitrogen and oxygen atoms in total. The topological polar surface area (TPSA) is 91.3 Å². The van der Waals surface area contributed by atoms with Gasteiger partial charge in [-0.2, -0.15) is 0 Å². The predicted octanol–water partition coefficient (Wildman–Crippen LogP) is 2.80. The number of methoxy groups -OCH3 is 3. The summed E-state index contributed by atoms with van der Waals surface area (Å²) < 4.78 is 21.2. The largest absolute Gasteiger partial charge is 0.496 e. The zero-order chi connectivity index (χ0) is 20.8. The monoisotopic (exact) mass is 380 g/mol. The molecule has 0 fully saturated rings. The van der Waals surface area contributed by atoms with Crippen LogP contribution in [0.2, 0.25) is 0 Å². The molecule has 1 aromatic rings. The summed E-state index contributed by atoms with van der Waals surface area (Å²) in [6.07, 6.45) is 1.97. The van der Waals surface area contributed by atoms with Crippen molar-refractivity contribution in [3.05, 3.63) is 34.9 Å². The van der Waals surface area contributed by atoms with E-state index in [0.717, 1.165) is 0 Å². The van der Waals surface area contributed by atoms with E-state index in [0.29, 0.717) is 23.3 Å². The molecule has 0 aliphatic heterocycles. The van der Waals surface area contributed by atoms with Crippen LogP contribution in [-0.2, 0) is 33.9 Å². The highest BCUT2D eigenvalue weighted by molar-refractivity contribution is 5.96. The lowest BCUT2D eigenvalue weighted by molar-refractivity contribution is -0.154. The van der Waals surface area contributed by atoms with Crippen molar-refractivity contribution in [2.24, 2.45) is 5.41 Å². The van der Waals surface area contributed by atoms with Crippen molar-refractivity contribution in [2.45, 2.75) is 40.4 Å². The number of carbonyl (C=O) groups is 2. The fourth-order valence-electron chi connectivity index (χ4n) is 2.66. The molecule has 0 atom stereocenters. The van der Waals surface area contributed by atoms with E-state index >= 15 is 0 Å². The molecule has 0 aliphatic rings. The van der Waals surface area contributed by atoms with Crippen LogP contribution in [0.5, 0.6) is 11.5 Å². The van der Waals surface area contributed by atoms with E-state index in [4.69, 9.17) is 18.9 Å². The molecule has 0 radical (unpaired) electrons. The SMILES string of the molecule is C=CCc1c(OC)c(CO)c(COC(=O)C(C)(C)C)c(C(=O)OC)c1OC. The third kappa shape index (κ3) is 4.80. The second-order valence-electron chi connectivity index (χ2n) is 6.85. The highest BCUT2D eigenvalue weighted by atomic mass is 16.5. The minimum atomic E-state index is -0.720. The Morgan fingerprint density at radius 2 is 1.63 bits per heavy atom. The molecule has 7 heteroatoms. The summed E-state index contributed by atoms with van der Waals surface area (Å²) in [6, 6.07) is 0. The van der Waals surface area contributed by atoms with Crippen molar-refractivity contribution in [3.8, 4) is 11.5 Å². The number of rotatable bonds is 8. The average molecular weight is 380 g/mol. The standard InChI is InChI=1S/C20H28O7/c1-8-9-12-16(24-5)13(10-21)14(11-27-19(23)20(2,3)4)15(17(12)25-6)18(22)26-7/h8,21H,1,9-11H2,2-7H3. The lowest BCUT2D eigenvalue weighted by atomic mass is 9.93. The molecule has 0 spiro atoms. The van der Waals surface area contributed by atoms with Crippen LogP contribution in [-0.4, -0.2) is 38.4 Å². The Morgan fingerprint density at radius 3 is 2.04 bits per heavy atom.